The first kappa shape index (κ1) is 15.0. The van der Waals surface area contributed by atoms with Gasteiger partial charge in [0.1, 0.15) is 11.5 Å². The number of halogens is 1. The van der Waals surface area contributed by atoms with Gasteiger partial charge in [-0.2, -0.15) is 0 Å². The molecule has 0 radical (unpaired) electrons. The van der Waals surface area contributed by atoms with Gasteiger partial charge in [0.25, 0.3) is 0 Å². The first-order valence-corrected chi connectivity index (χ1v) is 8.45. The largest absolute Gasteiger partial charge is 0.458 e. The average Bonchev–Trinajstić information content (AvgIpc) is 2.91. The van der Waals surface area contributed by atoms with Crippen LogP contribution in [0.1, 0.15) is 6.42 Å². The lowest BCUT2D eigenvalue weighted by Crippen LogP contribution is -2.45. The highest BCUT2D eigenvalue weighted by Gasteiger charge is 2.30. The predicted octanol–water partition coefficient (Wildman–Crippen LogP) is 2.09. The number of morpholine rings is 1. The standard InChI is InChI=1S/C17H20ClN3O2/c18-16-3-1-2-4-17(16)23-14-5-13(6-19-7-14)21-9-12-11-22-15(10-21)8-20-12/h1-2,4-7,12,15-16,20H,3,8-11H2. The summed E-state index contributed by atoms with van der Waals surface area (Å²) in [6.07, 6.45) is 10.6. The quantitative estimate of drug-likeness (QED) is 0.858. The average molecular weight is 334 g/mol. The summed E-state index contributed by atoms with van der Waals surface area (Å²) in [5, 5.41) is 3.40. The molecule has 3 saturated heterocycles. The van der Waals surface area contributed by atoms with Crippen molar-refractivity contribution in [3.05, 3.63) is 42.4 Å². The molecule has 4 aliphatic rings. The van der Waals surface area contributed by atoms with E-state index in [0.717, 1.165) is 49.9 Å². The van der Waals surface area contributed by atoms with Gasteiger partial charge < -0.3 is 19.7 Å². The summed E-state index contributed by atoms with van der Waals surface area (Å²) in [6.45, 7) is 3.49. The molecule has 23 heavy (non-hydrogen) atoms. The van der Waals surface area contributed by atoms with E-state index >= 15 is 0 Å². The number of alkyl halides is 1. The van der Waals surface area contributed by atoms with Gasteiger partial charge in [-0.25, -0.2) is 0 Å². The fourth-order valence-corrected chi connectivity index (χ4v) is 3.37. The maximum Gasteiger partial charge on any atom is 0.147 e. The Morgan fingerprint density at radius 1 is 1.35 bits per heavy atom. The van der Waals surface area contributed by atoms with Crippen LogP contribution in [0.4, 0.5) is 5.69 Å². The summed E-state index contributed by atoms with van der Waals surface area (Å²) in [6, 6.07) is 2.40. The maximum atomic E-state index is 6.29. The molecule has 1 aromatic rings. The molecule has 3 atom stereocenters. The predicted molar refractivity (Wildman–Crippen MR) is 90.1 cm³/mol. The zero-order chi connectivity index (χ0) is 15.6. The summed E-state index contributed by atoms with van der Waals surface area (Å²) in [5.74, 6) is 1.49. The maximum absolute atomic E-state index is 6.29. The molecule has 0 amide bonds. The molecule has 1 aromatic heterocycles. The van der Waals surface area contributed by atoms with Gasteiger partial charge in [0, 0.05) is 31.7 Å². The Kier molecular flexibility index (Phi) is 4.25. The van der Waals surface area contributed by atoms with Crippen molar-refractivity contribution in [1.29, 1.82) is 0 Å². The third kappa shape index (κ3) is 3.37. The number of nitrogens with one attached hydrogen (secondary N) is 1. The van der Waals surface area contributed by atoms with Crippen LogP contribution in [0.25, 0.3) is 0 Å². The number of anilines is 1. The highest BCUT2D eigenvalue weighted by molar-refractivity contribution is 6.22. The Bertz CT molecular complexity index is 612. The summed E-state index contributed by atoms with van der Waals surface area (Å²) >= 11 is 6.29. The van der Waals surface area contributed by atoms with Crippen LogP contribution in [0.3, 0.4) is 0 Å². The number of pyridine rings is 1. The molecule has 6 heteroatoms. The number of fused-ring (bicyclic) bond motifs is 4. The van der Waals surface area contributed by atoms with Gasteiger partial charge in [-0.1, -0.05) is 12.2 Å². The molecule has 0 aromatic carbocycles. The third-order valence-electron chi connectivity index (χ3n) is 4.38. The third-order valence-corrected chi connectivity index (χ3v) is 4.77. The van der Waals surface area contributed by atoms with Gasteiger partial charge in [0.15, 0.2) is 0 Å². The zero-order valence-electron chi connectivity index (χ0n) is 12.8. The van der Waals surface area contributed by atoms with Crippen LogP contribution in [0.5, 0.6) is 5.75 Å². The van der Waals surface area contributed by atoms with Gasteiger partial charge in [-0.05, 0) is 12.5 Å². The normalized spacial score (nSPS) is 30.0. The molecule has 3 fully saturated rings. The molecule has 5 rings (SSSR count). The van der Waals surface area contributed by atoms with Crippen LogP contribution >= 0.6 is 11.6 Å². The molecular weight excluding hydrogens is 314 g/mol. The van der Waals surface area contributed by atoms with Crippen molar-refractivity contribution in [2.24, 2.45) is 0 Å². The number of aromatic nitrogens is 1. The van der Waals surface area contributed by atoms with E-state index in [0.29, 0.717) is 6.04 Å². The van der Waals surface area contributed by atoms with E-state index in [9.17, 15) is 0 Å². The van der Waals surface area contributed by atoms with Gasteiger partial charge in [0.2, 0.25) is 0 Å². The van der Waals surface area contributed by atoms with Crippen LogP contribution in [0.15, 0.2) is 42.4 Å². The number of rotatable bonds is 3. The number of nitrogens with zero attached hydrogens (tertiary/aromatic N) is 2. The second-order valence-electron chi connectivity index (χ2n) is 6.15. The summed E-state index contributed by atoms with van der Waals surface area (Å²) in [7, 11) is 0. The highest BCUT2D eigenvalue weighted by Crippen LogP contribution is 2.27. The van der Waals surface area contributed by atoms with Crippen LogP contribution in [0.2, 0.25) is 0 Å². The van der Waals surface area contributed by atoms with Crippen molar-refractivity contribution in [3.63, 3.8) is 0 Å². The summed E-state index contributed by atoms with van der Waals surface area (Å²) < 4.78 is 11.8. The van der Waals surface area contributed by atoms with E-state index < -0.39 is 0 Å². The molecule has 5 nitrogen and oxygen atoms in total. The highest BCUT2D eigenvalue weighted by atomic mass is 35.5. The molecule has 3 aliphatic heterocycles. The Hall–Kier alpha value is -1.56. The van der Waals surface area contributed by atoms with Crippen LogP contribution in [0, 0.1) is 0 Å². The smallest absolute Gasteiger partial charge is 0.147 e. The first-order chi connectivity index (χ1) is 11.3. The van der Waals surface area contributed by atoms with Gasteiger partial charge in [-0.15, -0.1) is 11.6 Å². The summed E-state index contributed by atoms with van der Waals surface area (Å²) in [4.78, 5) is 6.65. The van der Waals surface area contributed by atoms with Gasteiger partial charge in [0.05, 0.1) is 36.2 Å². The number of allylic oxidation sites excluding steroid dienone is 4. The number of ether oxygens (including phenoxy) is 2. The van der Waals surface area contributed by atoms with Crippen molar-refractivity contribution in [3.8, 4) is 5.75 Å². The van der Waals surface area contributed by atoms with E-state index in [1.807, 2.05) is 30.5 Å². The Morgan fingerprint density at radius 3 is 3.13 bits per heavy atom. The minimum absolute atomic E-state index is 0.115. The van der Waals surface area contributed by atoms with Gasteiger partial charge in [-0.3, -0.25) is 4.98 Å². The van der Waals surface area contributed by atoms with Crippen molar-refractivity contribution < 1.29 is 9.47 Å². The second kappa shape index (κ2) is 6.51. The van der Waals surface area contributed by atoms with Crippen molar-refractivity contribution >= 4 is 17.3 Å². The van der Waals surface area contributed by atoms with E-state index in [1.165, 1.54) is 0 Å². The molecular formula is C17H20ClN3O2. The van der Waals surface area contributed by atoms with Crippen molar-refractivity contribution in [1.82, 2.24) is 10.3 Å². The molecule has 0 saturated carbocycles. The minimum Gasteiger partial charge on any atom is -0.458 e. The van der Waals surface area contributed by atoms with Crippen LogP contribution in [-0.4, -0.2) is 48.7 Å². The zero-order valence-corrected chi connectivity index (χ0v) is 13.6. The molecule has 1 aliphatic carbocycles. The molecule has 1 N–H and O–H groups in total. The molecule has 0 spiro atoms. The monoisotopic (exact) mass is 333 g/mol. The SMILES string of the molecule is ClC1CC=CC=C1Oc1cncc(N2CC3COC(CN3)C2)c1. The van der Waals surface area contributed by atoms with Crippen LogP contribution in [-0.2, 0) is 4.74 Å². The van der Waals surface area contributed by atoms with Crippen molar-refractivity contribution in [2.45, 2.75) is 23.9 Å². The minimum atomic E-state index is -0.115. The van der Waals surface area contributed by atoms with E-state index in [4.69, 9.17) is 21.1 Å². The molecule has 3 unspecified atom stereocenters. The fraction of sp³-hybridized carbons (Fsp3) is 0.471. The number of hydrogen-bond acceptors (Lipinski definition) is 5. The lowest BCUT2D eigenvalue weighted by atomic mass is 10.1. The Labute approximate surface area is 140 Å². The summed E-state index contributed by atoms with van der Waals surface area (Å²) in [5.41, 5.74) is 1.06. The topological polar surface area (TPSA) is 46.6 Å². The van der Waals surface area contributed by atoms with Gasteiger partial charge >= 0.3 is 0 Å². The number of hydrogen-bond donors (Lipinski definition) is 1. The molecule has 122 valence electrons. The fourth-order valence-electron chi connectivity index (χ4n) is 3.15. The lowest BCUT2D eigenvalue weighted by Gasteiger charge is -2.24. The Morgan fingerprint density at radius 2 is 2.30 bits per heavy atom. The second-order valence-corrected chi connectivity index (χ2v) is 6.67. The van der Waals surface area contributed by atoms with E-state index in [1.54, 1.807) is 6.20 Å². The van der Waals surface area contributed by atoms with E-state index in [-0.39, 0.29) is 11.5 Å². The van der Waals surface area contributed by atoms with Crippen LogP contribution < -0.4 is 15.0 Å². The molecule has 2 bridgehead atoms. The first-order valence-electron chi connectivity index (χ1n) is 8.01. The Balaban J connectivity index is 1.52. The molecule has 4 heterocycles. The van der Waals surface area contributed by atoms with E-state index in [2.05, 4.69) is 15.2 Å². The van der Waals surface area contributed by atoms with Crippen molar-refractivity contribution in [2.75, 3.05) is 31.1 Å². The lowest BCUT2D eigenvalue weighted by molar-refractivity contribution is 0.0259.